The summed E-state index contributed by atoms with van der Waals surface area (Å²) in [5.41, 5.74) is 10.0. The van der Waals surface area contributed by atoms with Crippen LogP contribution in [0.4, 0.5) is 5.69 Å². The fraction of sp³-hybridized carbons (Fsp3) is 0.333. The molecule has 0 bridgehead atoms. The average molecular weight is 400 g/mol. The normalized spacial score (nSPS) is 11.1. The van der Waals surface area contributed by atoms with Gasteiger partial charge < -0.3 is 15.6 Å². The molecule has 0 radical (unpaired) electrons. The maximum atomic E-state index is 5.87. The Hall–Kier alpha value is -1.57. The van der Waals surface area contributed by atoms with Crippen LogP contribution in [0.1, 0.15) is 22.6 Å². The van der Waals surface area contributed by atoms with Gasteiger partial charge in [-0.25, -0.2) is 0 Å². The van der Waals surface area contributed by atoms with E-state index in [1.54, 1.807) is 0 Å². The zero-order valence-electron chi connectivity index (χ0n) is 12.5. The second kappa shape index (κ2) is 8.02. The van der Waals surface area contributed by atoms with Crippen molar-refractivity contribution in [1.29, 1.82) is 0 Å². The van der Waals surface area contributed by atoms with Gasteiger partial charge in [0.25, 0.3) is 0 Å². The molecule has 2 rings (SSSR count). The zero-order valence-corrected chi connectivity index (χ0v) is 14.8. The number of benzene rings is 1. The van der Waals surface area contributed by atoms with Crippen molar-refractivity contribution in [3.05, 3.63) is 46.8 Å². The number of rotatable bonds is 4. The highest BCUT2D eigenvalue weighted by molar-refractivity contribution is 14.0. The van der Waals surface area contributed by atoms with E-state index in [0.29, 0.717) is 12.5 Å². The number of anilines is 1. The van der Waals surface area contributed by atoms with Crippen LogP contribution in [-0.2, 0) is 6.42 Å². The van der Waals surface area contributed by atoms with E-state index in [-0.39, 0.29) is 24.0 Å². The Kier molecular flexibility index (Phi) is 6.67. The van der Waals surface area contributed by atoms with Gasteiger partial charge >= 0.3 is 0 Å². The van der Waals surface area contributed by atoms with E-state index in [2.05, 4.69) is 15.5 Å². The van der Waals surface area contributed by atoms with E-state index in [9.17, 15) is 0 Å². The number of aryl methyl sites for hydroxylation is 3. The van der Waals surface area contributed by atoms with E-state index in [1.165, 1.54) is 5.56 Å². The number of aliphatic imine (C=N–C) groups is 1. The average Bonchev–Trinajstić information content (AvgIpc) is 2.70. The van der Waals surface area contributed by atoms with Crippen LogP contribution >= 0.6 is 24.0 Å². The van der Waals surface area contributed by atoms with Crippen molar-refractivity contribution in [2.45, 2.75) is 27.2 Å². The Bertz CT molecular complexity index is 602. The van der Waals surface area contributed by atoms with Crippen LogP contribution in [0, 0.1) is 20.8 Å². The maximum Gasteiger partial charge on any atom is 0.193 e. The second-order valence-electron chi connectivity index (χ2n) is 4.81. The number of hydrogen-bond donors (Lipinski definition) is 2. The van der Waals surface area contributed by atoms with Gasteiger partial charge in [-0.3, -0.25) is 4.99 Å². The van der Waals surface area contributed by atoms with Gasteiger partial charge in [0.15, 0.2) is 5.96 Å². The molecule has 5 nitrogen and oxygen atoms in total. The summed E-state index contributed by atoms with van der Waals surface area (Å²) < 4.78 is 5.12. The van der Waals surface area contributed by atoms with Gasteiger partial charge in [-0.05, 0) is 44.9 Å². The third kappa shape index (κ3) is 5.04. The largest absolute Gasteiger partial charge is 0.370 e. The third-order valence-electron chi connectivity index (χ3n) is 3.12. The molecule has 0 aliphatic carbocycles. The van der Waals surface area contributed by atoms with Crippen LogP contribution in [0.25, 0.3) is 0 Å². The molecule has 1 heterocycles. The SMILES string of the molecule is Cc1cccc(NC(N)=NCCc2c(C)noc2C)c1.I. The summed E-state index contributed by atoms with van der Waals surface area (Å²) >= 11 is 0. The summed E-state index contributed by atoms with van der Waals surface area (Å²) in [5.74, 6) is 1.27. The first-order chi connectivity index (χ1) is 9.56. The lowest BCUT2D eigenvalue weighted by Crippen LogP contribution is -2.23. The first kappa shape index (κ1) is 17.5. The molecule has 114 valence electrons. The van der Waals surface area contributed by atoms with E-state index >= 15 is 0 Å². The predicted molar refractivity (Wildman–Crippen MR) is 96.4 cm³/mol. The van der Waals surface area contributed by atoms with Crippen molar-refractivity contribution < 1.29 is 4.52 Å². The van der Waals surface area contributed by atoms with Gasteiger partial charge in [0, 0.05) is 17.8 Å². The number of nitrogens with two attached hydrogens (primary N) is 1. The molecule has 0 unspecified atom stereocenters. The van der Waals surface area contributed by atoms with Crippen LogP contribution in [0.15, 0.2) is 33.8 Å². The van der Waals surface area contributed by atoms with Gasteiger partial charge in [0.1, 0.15) is 5.76 Å². The number of guanidine groups is 1. The van der Waals surface area contributed by atoms with Gasteiger partial charge in [0.05, 0.1) is 5.69 Å². The topological polar surface area (TPSA) is 76.4 Å². The molecular weight excluding hydrogens is 379 g/mol. The Morgan fingerprint density at radius 1 is 1.33 bits per heavy atom. The molecular formula is C15H21IN4O. The molecule has 0 amide bonds. The molecule has 2 aromatic rings. The molecule has 0 aliphatic heterocycles. The fourth-order valence-corrected chi connectivity index (χ4v) is 2.06. The monoisotopic (exact) mass is 400 g/mol. The molecule has 3 N–H and O–H groups in total. The highest BCUT2D eigenvalue weighted by Crippen LogP contribution is 2.13. The van der Waals surface area contributed by atoms with Crippen LogP contribution in [0.2, 0.25) is 0 Å². The smallest absolute Gasteiger partial charge is 0.193 e. The molecule has 0 fully saturated rings. The molecule has 0 saturated heterocycles. The van der Waals surface area contributed by atoms with Crippen LogP contribution in [0.5, 0.6) is 0 Å². The quantitative estimate of drug-likeness (QED) is 0.470. The lowest BCUT2D eigenvalue weighted by atomic mass is 10.1. The summed E-state index contributed by atoms with van der Waals surface area (Å²) in [6, 6.07) is 8.01. The van der Waals surface area contributed by atoms with E-state index in [1.807, 2.05) is 45.0 Å². The molecule has 1 aromatic carbocycles. The van der Waals surface area contributed by atoms with Crippen LogP contribution in [0.3, 0.4) is 0 Å². The summed E-state index contributed by atoms with van der Waals surface area (Å²) in [7, 11) is 0. The van der Waals surface area contributed by atoms with E-state index < -0.39 is 0 Å². The predicted octanol–water partition coefficient (Wildman–Crippen LogP) is 3.19. The van der Waals surface area contributed by atoms with E-state index in [0.717, 1.165) is 29.1 Å². The Balaban J connectivity index is 0.00000220. The minimum absolute atomic E-state index is 0. The number of aromatic nitrogens is 1. The molecule has 0 spiro atoms. The standard InChI is InChI=1S/C15H20N4O.HI/c1-10-5-4-6-13(9-10)18-15(16)17-8-7-14-11(2)19-20-12(14)3;/h4-6,9H,7-8H2,1-3H3,(H3,16,17,18);1H. The lowest BCUT2D eigenvalue weighted by Gasteiger charge is -2.06. The van der Waals surface area contributed by atoms with Gasteiger partial charge in [-0.1, -0.05) is 17.3 Å². The van der Waals surface area contributed by atoms with E-state index in [4.69, 9.17) is 10.3 Å². The highest BCUT2D eigenvalue weighted by Gasteiger charge is 2.07. The van der Waals surface area contributed by atoms with Gasteiger partial charge in [0.2, 0.25) is 0 Å². The number of hydrogen-bond acceptors (Lipinski definition) is 3. The summed E-state index contributed by atoms with van der Waals surface area (Å²) in [6.45, 7) is 6.49. The Morgan fingerprint density at radius 3 is 2.71 bits per heavy atom. The van der Waals surface area contributed by atoms with Crippen LogP contribution in [-0.4, -0.2) is 17.7 Å². The zero-order chi connectivity index (χ0) is 14.5. The molecule has 21 heavy (non-hydrogen) atoms. The third-order valence-corrected chi connectivity index (χ3v) is 3.12. The summed E-state index contributed by atoms with van der Waals surface area (Å²) in [6.07, 6.45) is 0.775. The van der Waals surface area contributed by atoms with Gasteiger partial charge in [-0.15, -0.1) is 24.0 Å². The number of nitrogens with zero attached hydrogens (tertiary/aromatic N) is 2. The van der Waals surface area contributed by atoms with Crippen molar-refractivity contribution in [2.24, 2.45) is 10.7 Å². The van der Waals surface area contributed by atoms with Crippen LogP contribution < -0.4 is 11.1 Å². The fourth-order valence-electron chi connectivity index (χ4n) is 2.06. The molecule has 0 atom stereocenters. The molecule has 0 aliphatic rings. The van der Waals surface area contributed by atoms with Gasteiger partial charge in [-0.2, -0.15) is 0 Å². The number of halogens is 1. The minimum atomic E-state index is 0. The maximum absolute atomic E-state index is 5.87. The Morgan fingerprint density at radius 2 is 2.10 bits per heavy atom. The van der Waals surface area contributed by atoms with Crippen molar-refractivity contribution in [3.63, 3.8) is 0 Å². The molecule has 6 heteroatoms. The number of nitrogens with one attached hydrogen (secondary N) is 1. The van der Waals surface area contributed by atoms with Crippen molar-refractivity contribution in [2.75, 3.05) is 11.9 Å². The second-order valence-corrected chi connectivity index (χ2v) is 4.81. The van der Waals surface area contributed by atoms with Crippen molar-refractivity contribution >= 4 is 35.6 Å². The Labute approximate surface area is 142 Å². The van der Waals surface area contributed by atoms with Crippen molar-refractivity contribution in [3.8, 4) is 0 Å². The summed E-state index contributed by atoms with van der Waals surface area (Å²) in [4.78, 5) is 4.32. The molecule has 0 saturated carbocycles. The highest BCUT2D eigenvalue weighted by atomic mass is 127. The molecule has 1 aromatic heterocycles. The minimum Gasteiger partial charge on any atom is -0.370 e. The first-order valence-electron chi connectivity index (χ1n) is 6.61. The lowest BCUT2D eigenvalue weighted by molar-refractivity contribution is 0.392. The first-order valence-corrected chi connectivity index (χ1v) is 6.61. The van der Waals surface area contributed by atoms with Crippen molar-refractivity contribution in [1.82, 2.24) is 5.16 Å². The summed E-state index contributed by atoms with van der Waals surface area (Å²) in [5, 5.41) is 7.00.